The summed E-state index contributed by atoms with van der Waals surface area (Å²) in [5.41, 5.74) is 0. The van der Waals surface area contributed by atoms with Crippen molar-refractivity contribution in [3.63, 3.8) is 0 Å². The molecule has 0 aromatic heterocycles. The van der Waals surface area contributed by atoms with E-state index in [4.69, 9.17) is 4.74 Å². The second-order valence-electron chi connectivity index (χ2n) is 7.29. The number of rotatable bonds is 8. The predicted octanol–water partition coefficient (Wildman–Crippen LogP) is -0.0810. The van der Waals surface area contributed by atoms with Gasteiger partial charge in [0, 0.05) is 46.3 Å². The molecule has 25 heavy (non-hydrogen) atoms. The second-order valence-corrected chi connectivity index (χ2v) is 7.29. The fourth-order valence-corrected chi connectivity index (χ4v) is 3.64. The van der Waals surface area contributed by atoms with Crippen LogP contribution in [0.5, 0.6) is 0 Å². The Morgan fingerprint density at radius 3 is 2.68 bits per heavy atom. The van der Waals surface area contributed by atoms with Crippen molar-refractivity contribution < 1.29 is 14.3 Å². The molecular weight excluding hydrogens is 320 g/mol. The zero-order valence-electron chi connectivity index (χ0n) is 15.8. The number of carbonyl (C=O) groups excluding carboxylic acids is 2. The molecule has 0 aromatic rings. The highest BCUT2D eigenvalue weighted by Crippen LogP contribution is 2.23. The van der Waals surface area contributed by atoms with Gasteiger partial charge in [0.15, 0.2) is 0 Å². The molecule has 2 N–H and O–H groups in total. The van der Waals surface area contributed by atoms with Crippen LogP contribution in [0.4, 0.5) is 0 Å². The summed E-state index contributed by atoms with van der Waals surface area (Å²) in [6, 6.07) is 0. The fraction of sp³-hybridized carbons (Fsp3) is 0.889. The summed E-state index contributed by atoms with van der Waals surface area (Å²) in [5.74, 6) is 1.34. The monoisotopic (exact) mass is 354 g/mol. The summed E-state index contributed by atoms with van der Waals surface area (Å²) >= 11 is 0. The van der Waals surface area contributed by atoms with Crippen LogP contribution in [-0.4, -0.2) is 87.7 Å². The maximum absolute atomic E-state index is 12.5. The van der Waals surface area contributed by atoms with Gasteiger partial charge in [-0.25, -0.2) is 0 Å². The number of nitrogens with zero attached hydrogens (tertiary/aromatic N) is 2. The van der Waals surface area contributed by atoms with Crippen molar-refractivity contribution in [2.75, 3.05) is 66.1 Å². The number of amides is 2. The summed E-state index contributed by atoms with van der Waals surface area (Å²) in [6.07, 6.45) is 3.09. The standard InChI is InChI=1S/C18H34N4O3/c1-15(16-4-3-5-19-13-16)12-18(24)22-9-7-21(8-10-22)14-17(23)20-6-11-25-2/h15-16,19H,3-14H2,1-2H3,(H,20,23). The highest BCUT2D eigenvalue weighted by atomic mass is 16.5. The zero-order chi connectivity index (χ0) is 18.1. The van der Waals surface area contributed by atoms with Crippen LogP contribution in [0.25, 0.3) is 0 Å². The molecule has 2 unspecified atom stereocenters. The van der Waals surface area contributed by atoms with Gasteiger partial charge in [-0.3, -0.25) is 14.5 Å². The third kappa shape index (κ3) is 6.92. The largest absolute Gasteiger partial charge is 0.383 e. The lowest BCUT2D eigenvalue weighted by atomic mass is 9.85. The van der Waals surface area contributed by atoms with E-state index in [0.717, 1.165) is 39.3 Å². The van der Waals surface area contributed by atoms with Gasteiger partial charge < -0.3 is 20.3 Å². The van der Waals surface area contributed by atoms with E-state index in [1.807, 2.05) is 4.90 Å². The first-order valence-electron chi connectivity index (χ1n) is 9.56. The average Bonchev–Trinajstić information content (AvgIpc) is 2.63. The van der Waals surface area contributed by atoms with Gasteiger partial charge in [-0.15, -0.1) is 0 Å². The fourth-order valence-electron chi connectivity index (χ4n) is 3.64. The van der Waals surface area contributed by atoms with Gasteiger partial charge in [0.05, 0.1) is 13.2 Å². The SMILES string of the molecule is COCCNC(=O)CN1CCN(C(=O)CC(C)C2CCCNC2)CC1. The van der Waals surface area contributed by atoms with Crippen LogP contribution in [0.3, 0.4) is 0 Å². The number of hydrogen-bond acceptors (Lipinski definition) is 5. The lowest BCUT2D eigenvalue weighted by Gasteiger charge is -2.36. The van der Waals surface area contributed by atoms with E-state index in [1.54, 1.807) is 7.11 Å². The van der Waals surface area contributed by atoms with Gasteiger partial charge in [0.25, 0.3) is 0 Å². The molecule has 144 valence electrons. The molecule has 2 atom stereocenters. The summed E-state index contributed by atoms with van der Waals surface area (Å²) in [4.78, 5) is 28.5. The van der Waals surface area contributed by atoms with Crippen molar-refractivity contribution in [3.8, 4) is 0 Å². The van der Waals surface area contributed by atoms with Gasteiger partial charge >= 0.3 is 0 Å². The van der Waals surface area contributed by atoms with Gasteiger partial charge in [-0.2, -0.15) is 0 Å². The molecule has 7 nitrogen and oxygen atoms in total. The minimum atomic E-state index is 0.0234. The molecule has 2 fully saturated rings. The number of hydrogen-bond donors (Lipinski definition) is 2. The first kappa shape index (κ1) is 20.1. The van der Waals surface area contributed by atoms with Gasteiger partial charge in [0.1, 0.15) is 0 Å². The Labute approximate surface area is 151 Å². The van der Waals surface area contributed by atoms with Gasteiger partial charge in [-0.1, -0.05) is 6.92 Å². The van der Waals surface area contributed by atoms with E-state index in [1.165, 1.54) is 12.8 Å². The smallest absolute Gasteiger partial charge is 0.234 e. The Morgan fingerprint density at radius 2 is 2.04 bits per heavy atom. The number of ether oxygens (including phenoxy) is 1. The normalized spacial score (nSPS) is 23.3. The summed E-state index contributed by atoms with van der Waals surface area (Å²) < 4.78 is 4.92. The maximum atomic E-state index is 12.5. The number of piperidine rings is 1. The van der Waals surface area contributed by atoms with E-state index in [-0.39, 0.29) is 11.8 Å². The zero-order valence-corrected chi connectivity index (χ0v) is 15.8. The van der Waals surface area contributed by atoms with Crippen molar-refractivity contribution in [1.82, 2.24) is 20.4 Å². The van der Waals surface area contributed by atoms with Gasteiger partial charge in [0.2, 0.25) is 11.8 Å². The third-order valence-corrected chi connectivity index (χ3v) is 5.36. The van der Waals surface area contributed by atoms with Crippen LogP contribution in [0, 0.1) is 11.8 Å². The van der Waals surface area contributed by atoms with E-state index < -0.39 is 0 Å². The first-order valence-corrected chi connectivity index (χ1v) is 9.56. The first-order chi connectivity index (χ1) is 12.1. The van der Waals surface area contributed by atoms with Gasteiger partial charge in [-0.05, 0) is 37.8 Å². The Hall–Kier alpha value is -1.18. The quantitative estimate of drug-likeness (QED) is 0.597. The molecule has 2 heterocycles. The molecule has 2 rings (SSSR count). The molecular formula is C18H34N4O3. The third-order valence-electron chi connectivity index (χ3n) is 5.36. The Bertz CT molecular complexity index is 419. The van der Waals surface area contributed by atoms with Crippen LogP contribution in [0.1, 0.15) is 26.2 Å². The van der Waals surface area contributed by atoms with E-state index in [0.29, 0.717) is 38.0 Å². The Balaban J connectivity index is 1.65. The van der Waals surface area contributed by atoms with Crippen molar-refractivity contribution in [2.45, 2.75) is 26.2 Å². The van der Waals surface area contributed by atoms with E-state index in [2.05, 4.69) is 22.5 Å². The summed E-state index contributed by atoms with van der Waals surface area (Å²) in [5, 5.41) is 6.27. The maximum Gasteiger partial charge on any atom is 0.234 e. The highest BCUT2D eigenvalue weighted by molar-refractivity contribution is 5.78. The van der Waals surface area contributed by atoms with Crippen molar-refractivity contribution in [1.29, 1.82) is 0 Å². The number of carbonyl (C=O) groups is 2. The average molecular weight is 354 g/mol. The highest BCUT2D eigenvalue weighted by Gasteiger charge is 2.26. The van der Waals surface area contributed by atoms with Crippen molar-refractivity contribution in [3.05, 3.63) is 0 Å². The lowest BCUT2D eigenvalue weighted by molar-refractivity contribution is -0.134. The Morgan fingerprint density at radius 1 is 1.28 bits per heavy atom. The van der Waals surface area contributed by atoms with Crippen LogP contribution in [0.15, 0.2) is 0 Å². The molecule has 0 radical (unpaired) electrons. The van der Waals surface area contributed by atoms with E-state index in [9.17, 15) is 9.59 Å². The molecule has 0 aliphatic carbocycles. The summed E-state index contributed by atoms with van der Waals surface area (Å²) in [6.45, 7) is 8.81. The minimum Gasteiger partial charge on any atom is -0.383 e. The van der Waals surface area contributed by atoms with Crippen molar-refractivity contribution >= 4 is 11.8 Å². The minimum absolute atomic E-state index is 0.0234. The molecule has 2 amide bonds. The lowest BCUT2D eigenvalue weighted by Crippen LogP contribution is -2.51. The molecule has 0 aromatic carbocycles. The molecule has 7 heteroatoms. The second kappa shape index (κ2) is 10.7. The number of piperazine rings is 1. The van der Waals surface area contributed by atoms with Crippen LogP contribution in [-0.2, 0) is 14.3 Å². The van der Waals surface area contributed by atoms with Crippen LogP contribution >= 0.6 is 0 Å². The molecule has 0 spiro atoms. The van der Waals surface area contributed by atoms with E-state index >= 15 is 0 Å². The number of nitrogens with one attached hydrogen (secondary N) is 2. The Kier molecular flexibility index (Phi) is 8.64. The van der Waals surface area contributed by atoms with Crippen molar-refractivity contribution in [2.24, 2.45) is 11.8 Å². The predicted molar refractivity (Wildman–Crippen MR) is 97.3 cm³/mol. The van der Waals surface area contributed by atoms with Crippen LogP contribution in [0.2, 0.25) is 0 Å². The summed E-state index contributed by atoms with van der Waals surface area (Å²) in [7, 11) is 1.62. The van der Waals surface area contributed by atoms with Crippen LogP contribution < -0.4 is 10.6 Å². The molecule has 2 saturated heterocycles. The molecule has 2 aliphatic heterocycles. The molecule has 0 bridgehead atoms. The molecule has 0 saturated carbocycles. The number of methoxy groups -OCH3 is 1. The topological polar surface area (TPSA) is 73.9 Å². The molecule has 2 aliphatic rings.